The summed E-state index contributed by atoms with van der Waals surface area (Å²) in [6.07, 6.45) is 4.56. The largest absolute Gasteiger partial charge is 0.464 e. The van der Waals surface area contributed by atoms with Gasteiger partial charge in [0.2, 0.25) is 11.8 Å². The van der Waals surface area contributed by atoms with Gasteiger partial charge in [-0.05, 0) is 68.7 Å². The number of fused-ring (bicyclic) bond motifs is 1. The number of hydrogen-bond donors (Lipinski definition) is 2. The van der Waals surface area contributed by atoms with Gasteiger partial charge in [-0.25, -0.2) is 9.78 Å². The number of furan rings is 1. The maximum absolute atomic E-state index is 14.5. The summed E-state index contributed by atoms with van der Waals surface area (Å²) in [6, 6.07) is 18.8. The summed E-state index contributed by atoms with van der Waals surface area (Å²) in [5.74, 6) is -0.796. The molecule has 0 aliphatic rings. The number of aromatic nitrogens is 2. The Bertz CT molecular complexity index is 1800. The van der Waals surface area contributed by atoms with Crippen LogP contribution in [-0.2, 0) is 40.3 Å². The first-order valence-corrected chi connectivity index (χ1v) is 16.3. The van der Waals surface area contributed by atoms with Gasteiger partial charge in [-0.3, -0.25) is 14.6 Å². The molecule has 244 valence electrons. The highest BCUT2D eigenvalue weighted by Crippen LogP contribution is 2.21. The van der Waals surface area contributed by atoms with E-state index < -0.39 is 29.7 Å². The maximum atomic E-state index is 14.5. The molecule has 0 saturated carbocycles. The van der Waals surface area contributed by atoms with Crippen molar-refractivity contribution >= 4 is 40.2 Å². The Labute approximate surface area is 278 Å². The predicted octanol–water partition coefficient (Wildman–Crippen LogP) is 5.99. The van der Waals surface area contributed by atoms with E-state index >= 15 is 0 Å². The van der Waals surface area contributed by atoms with Gasteiger partial charge in [0.25, 0.3) is 0 Å². The second-order valence-electron chi connectivity index (χ2n) is 12.4. The summed E-state index contributed by atoms with van der Waals surface area (Å²) in [7, 11) is 0. The summed E-state index contributed by atoms with van der Waals surface area (Å²) < 4.78 is 11.0. The number of carbonyl (C=O) groups is 3. The van der Waals surface area contributed by atoms with Gasteiger partial charge in [-0.2, -0.15) is 0 Å². The summed E-state index contributed by atoms with van der Waals surface area (Å²) in [4.78, 5) is 51.9. The van der Waals surface area contributed by atoms with E-state index in [4.69, 9.17) is 9.15 Å². The fourth-order valence-electron chi connectivity index (χ4n) is 5.18. The SMILES string of the molecule is Cc1nc(CN(Cc2ccc3occc3c2)C(=O)C(Cc2ccccc2)NC(=O)C(Cc2cccnc2)NC(=O)OC(C)(C)C)cs1. The standard InChI is InChI=1S/C36H39N5O5S/c1-24-38-29(23-47-24)22-41(21-27-12-13-32-28(17-27)14-16-45-32)34(43)31(18-25-9-6-5-7-10-25)39-33(42)30(19-26-11-8-15-37-20-26)40-35(44)46-36(2,3)4/h5-17,20,23,30-31H,18-19,21-22H2,1-4H3,(H,39,42)(H,40,44). The number of thiazole rings is 1. The van der Waals surface area contributed by atoms with Crippen molar-refractivity contribution in [2.45, 2.75) is 71.3 Å². The lowest BCUT2D eigenvalue weighted by atomic mass is 10.0. The maximum Gasteiger partial charge on any atom is 0.408 e. The van der Waals surface area contributed by atoms with Crippen LogP contribution in [0.3, 0.4) is 0 Å². The van der Waals surface area contributed by atoms with Crippen molar-refractivity contribution < 1.29 is 23.5 Å². The van der Waals surface area contributed by atoms with Crippen LogP contribution in [0.5, 0.6) is 0 Å². The zero-order chi connectivity index (χ0) is 33.4. The Kier molecular flexibility index (Phi) is 10.7. The highest BCUT2D eigenvalue weighted by molar-refractivity contribution is 7.09. The molecule has 5 aromatic rings. The molecule has 47 heavy (non-hydrogen) atoms. The van der Waals surface area contributed by atoms with E-state index in [-0.39, 0.29) is 31.8 Å². The van der Waals surface area contributed by atoms with E-state index in [1.54, 1.807) is 50.4 Å². The third-order valence-corrected chi connectivity index (χ3v) is 8.11. The highest BCUT2D eigenvalue weighted by atomic mass is 32.1. The first-order valence-electron chi connectivity index (χ1n) is 15.4. The second kappa shape index (κ2) is 15.0. The van der Waals surface area contributed by atoms with E-state index in [2.05, 4.69) is 20.6 Å². The number of rotatable bonds is 12. The minimum atomic E-state index is -1.03. The predicted molar refractivity (Wildman–Crippen MR) is 180 cm³/mol. The van der Waals surface area contributed by atoms with Crippen LogP contribution in [0, 0.1) is 6.92 Å². The molecule has 0 aliphatic carbocycles. The van der Waals surface area contributed by atoms with Gasteiger partial charge in [-0.1, -0.05) is 42.5 Å². The fraction of sp³-hybridized carbons (Fsp3) is 0.306. The van der Waals surface area contributed by atoms with Crippen molar-refractivity contribution in [3.8, 4) is 0 Å². The summed E-state index contributed by atoms with van der Waals surface area (Å²) in [6.45, 7) is 7.71. The lowest BCUT2D eigenvalue weighted by Gasteiger charge is -2.29. The minimum absolute atomic E-state index is 0.150. The lowest BCUT2D eigenvalue weighted by Crippen LogP contribution is -2.56. The Morgan fingerprint density at radius 2 is 1.68 bits per heavy atom. The molecule has 0 radical (unpaired) electrons. The average molecular weight is 654 g/mol. The molecule has 10 nitrogen and oxygen atoms in total. The topological polar surface area (TPSA) is 127 Å². The number of alkyl carbamates (subject to hydrolysis) is 1. The molecule has 5 rings (SSSR count). The van der Waals surface area contributed by atoms with Gasteiger partial charge in [0.1, 0.15) is 23.3 Å². The van der Waals surface area contributed by atoms with E-state index in [1.807, 2.05) is 73.0 Å². The molecule has 3 amide bonds. The van der Waals surface area contributed by atoms with Crippen LogP contribution in [0.25, 0.3) is 11.0 Å². The van der Waals surface area contributed by atoms with Gasteiger partial charge in [0.05, 0.1) is 23.5 Å². The van der Waals surface area contributed by atoms with Crippen LogP contribution in [-0.4, -0.2) is 50.5 Å². The van der Waals surface area contributed by atoms with Crippen LogP contribution < -0.4 is 10.6 Å². The molecule has 2 atom stereocenters. The molecule has 0 saturated heterocycles. The summed E-state index contributed by atoms with van der Waals surface area (Å²) in [5, 5.41) is 9.46. The molecule has 0 fully saturated rings. The molecule has 2 unspecified atom stereocenters. The van der Waals surface area contributed by atoms with Gasteiger partial charge in [0, 0.05) is 42.5 Å². The third-order valence-electron chi connectivity index (χ3n) is 7.29. The summed E-state index contributed by atoms with van der Waals surface area (Å²) >= 11 is 1.51. The monoisotopic (exact) mass is 653 g/mol. The van der Waals surface area contributed by atoms with Crippen molar-refractivity contribution in [2.75, 3.05) is 0 Å². The molecule has 0 aliphatic heterocycles. The molecule has 11 heteroatoms. The van der Waals surface area contributed by atoms with Gasteiger partial charge < -0.3 is 24.7 Å². The van der Waals surface area contributed by atoms with Crippen molar-refractivity contribution in [3.63, 3.8) is 0 Å². The molecule has 3 aromatic heterocycles. The Balaban J connectivity index is 1.44. The number of nitrogens with one attached hydrogen (secondary N) is 2. The minimum Gasteiger partial charge on any atom is -0.464 e. The lowest BCUT2D eigenvalue weighted by molar-refractivity contribution is -0.138. The van der Waals surface area contributed by atoms with Gasteiger partial charge in [0.15, 0.2) is 0 Å². The molecule has 0 bridgehead atoms. The molecular weight excluding hydrogens is 614 g/mol. The quantitative estimate of drug-likeness (QED) is 0.170. The Morgan fingerprint density at radius 3 is 2.38 bits per heavy atom. The van der Waals surface area contributed by atoms with Crippen molar-refractivity contribution in [3.05, 3.63) is 118 Å². The number of nitrogens with zero attached hydrogens (tertiary/aromatic N) is 3. The highest BCUT2D eigenvalue weighted by Gasteiger charge is 2.31. The molecular formula is C36H39N5O5S. The third kappa shape index (κ3) is 9.73. The van der Waals surface area contributed by atoms with Crippen molar-refractivity contribution in [2.24, 2.45) is 0 Å². The van der Waals surface area contributed by atoms with Gasteiger partial charge in [-0.15, -0.1) is 11.3 Å². The van der Waals surface area contributed by atoms with Crippen LogP contribution in [0.4, 0.5) is 4.79 Å². The van der Waals surface area contributed by atoms with Crippen LogP contribution >= 0.6 is 11.3 Å². The van der Waals surface area contributed by atoms with Gasteiger partial charge >= 0.3 is 6.09 Å². The zero-order valence-electron chi connectivity index (χ0n) is 26.9. The Morgan fingerprint density at radius 1 is 0.915 bits per heavy atom. The molecule has 3 heterocycles. The summed E-state index contributed by atoms with van der Waals surface area (Å²) in [5.41, 5.74) is 3.28. The normalized spacial score (nSPS) is 12.7. The number of pyridine rings is 1. The average Bonchev–Trinajstić information content (AvgIpc) is 3.68. The number of ether oxygens (including phenoxy) is 1. The van der Waals surface area contributed by atoms with E-state index in [0.29, 0.717) is 0 Å². The van der Waals surface area contributed by atoms with Crippen LogP contribution in [0.2, 0.25) is 0 Å². The number of benzene rings is 2. The number of hydrogen-bond acceptors (Lipinski definition) is 8. The zero-order valence-corrected chi connectivity index (χ0v) is 27.8. The molecule has 2 aromatic carbocycles. The first kappa shape index (κ1) is 33.3. The second-order valence-corrected chi connectivity index (χ2v) is 13.4. The Hall–Kier alpha value is -5.03. The molecule has 0 spiro atoms. The van der Waals surface area contributed by atoms with Crippen molar-refractivity contribution in [1.29, 1.82) is 0 Å². The number of aryl methyl sites for hydroxylation is 1. The van der Waals surface area contributed by atoms with Crippen LogP contribution in [0.1, 0.15) is 48.2 Å². The van der Waals surface area contributed by atoms with Crippen LogP contribution in [0.15, 0.2) is 95.2 Å². The first-order chi connectivity index (χ1) is 22.5. The van der Waals surface area contributed by atoms with E-state index in [0.717, 1.165) is 38.4 Å². The van der Waals surface area contributed by atoms with E-state index in [9.17, 15) is 14.4 Å². The fourth-order valence-corrected chi connectivity index (χ4v) is 5.78. The smallest absolute Gasteiger partial charge is 0.408 e. The number of amides is 3. The van der Waals surface area contributed by atoms with E-state index in [1.165, 1.54) is 11.3 Å². The number of carbonyl (C=O) groups excluding carboxylic acids is 3. The van der Waals surface area contributed by atoms with Crippen molar-refractivity contribution in [1.82, 2.24) is 25.5 Å². The molecule has 2 N–H and O–H groups in total.